The van der Waals surface area contributed by atoms with Crippen LogP contribution in [0.5, 0.6) is 0 Å². The van der Waals surface area contributed by atoms with Gasteiger partial charge in [-0.2, -0.15) is 0 Å². The molecule has 0 radical (unpaired) electrons. The third kappa shape index (κ3) is 2.80. The largest absolute Gasteiger partial charge is 0.383 e. The van der Waals surface area contributed by atoms with Crippen LogP contribution in [0.1, 0.15) is 0 Å². The van der Waals surface area contributed by atoms with E-state index in [0.29, 0.717) is 21.9 Å². The lowest BCUT2D eigenvalue weighted by molar-refractivity contribution is 0.929. The molecule has 4 N–H and O–H groups in total. The molecule has 0 aromatic carbocycles. The fourth-order valence-electron chi connectivity index (χ4n) is 0.942. The summed E-state index contributed by atoms with van der Waals surface area (Å²) < 4.78 is 0.810. The number of aromatic nitrogens is 4. The maximum absolute atomic E-state index is 5.54. The Labute approximate surface area is 104 Å². The van der Waals surface area contributed by atoms with Crippen molar-refractivity contribution in [3.8, 4) is 0 Å². The minimum atomic E-state index is 0.326. The van der Waals surface area contributed by atoms with E-state index < -0.39 is 0 Å². The van der Waals surface area contributed by atoms with Gasteiger partial charge < -0.3 is 11.5 Å². The molecule has 0 amide bonds. The summed E-state index contributed by atoms with van der Waals surface area (Å²) in [5.41, 5.74) is 11.1. The first-order valence-corrected chi connectivity index (χ1v) is 5.80. The van der Waals surface area contributed by atoms with Gasteiger partial charge in [-0.05, 0) is 27.7 Å². The zero-order valence-corrected chi connectivity index (χ0v) is 10.4. The third-order valence-electron chi connectivity index (χ3n) is 1.52. The molecule has 0 aliphatic rings. The summed E-state index contributed by atoms with van der Waals surface area (Å²) in [6.07, 6.45) is 3.29. The van der Waals surface area contributed by atoms with Gasteiger partial charge in [-0.25, -0.2) is 19.9 Å². The van der Waals surface area contributed by atoms with Crippen LogP contribution < -0.4 is 11.5 Å². The molecule has 2 aromatic rings. The van der Waals surface area contributed by atoms with Crippen molar-refractivity contribution in [3.63, 3.8) is 0 Å². The van der Waals surface area contributed by atoms with Crippen molar-refractivity contribution in [3.05, 3.63) is 22.9 Å². The highest BCUT2D eigenvalue weighted by Gasteiger charge is 2.05. The van der Waals surface area contributed by atoms with Crippen LogP contribution in [0.4, 0.5) is 11.6 Å². The Kier molecular flexibility index (Phi) is 3.20. The maximum Gasteiger partial charge on any atom is 0.199 e. The van der Waals surface area contributed by atoms with Crippen molar-refractivity contribution in [2.45, 2.75) is 10.3 Å². The number of nitrogens with two attached hydrogens (primary N) is 2. The molecule has 0 saturated carbocycles. The summed E-state index contributed by atoms with van der Waals surface area (Å²) in [5.74, 6) is 0.652. The number of hydrogen-bond donors (Lipinski definition) is 2. The first-order valence-electron chi connectivity index (χ1n) is 4.19. The van der Waals surface area contributed by atoms with Crippen LogP contribution in [0.3, 0.4) is 0 Å². The van der Waals surface area contributed by atoms with E-state index in [9.17, 15) is 0 Å². The number of halogens is 1. The highest BCUT2D eigenvalue weighted by molar-refractivity contribution is 9.10. The van der Waals surface area contributed by atoms with Crippen LogP contribution in [0.2, 0.25) is 0 Å². The smallest absolute Gasteiger partial charge is 0.199 e. The summed E-state index contributed by atoms with van der Waals surface area (Å²) in [5, 5.41) is 0.966. The Balaban J connectivity index is 2.23. The van der Waals surface area contributed by atoms with Gasteiger partial charge in [0.2, 0.25) is 0 Å². The van der Waals surface area contributed by atoms with Crippen LogP contribution in [-0.4, -0.2) is 19.9 Å². The molecule has 16 heavy (non-hydrogen) atoms. The molecule has 0 atom stereocenters. The summed E-state index contributed by atoms with van der Waals surface area (Å²) in [4.78, 5) is 16.2. The normalized spacial score (nSPS) is 10.3. The highest BCUT2D eigenvalue weighted by atomic mass is 79.9. The fourth-order valence-corrected chi connectivity index (χ4v) is 1.82. The van der Waals surface area contributed by atoms with Crippen molar-refractivity contribution in [2.75, 3.05) is 11.5 Å². The van der Waals surface area contributed by atoms with Crippen LogP contribution in [0.15, 0.2) is 33.2 Å². The Morgan fingerprint density at radius 1 is 1.00 bits per heavy atom. The van der Waals surface area contributed by atoms with Crippen molar-refractivity contribution < 1.29 is 0 Å². The van der Waals surface area contributed by atoms with E-state index in [2.05, 4.69) is 35.9 Å². The summed E-state index contributed by atoms with van der Waals surface area (Å²) in [6, 6.07) is 1.49. The predicted molar refractivity (Wildman–Crippen MR) is 64.7 cm³/mol. The minimum absolute atomic E-state index is 0.326. The Morgan fingerprint density at radius 3 is 2.12 bits per heavy atom. The van der Waals surface area contributed by atoms with Gasteiger partial charge in [0, 0.05) is 18.5 Å². The van der Waals surface area contributed by atoms with Gasteiger partial charge in [-0.3, -0.25) is 0 Å². The van der Waals surface area contributed by atoms with Crippen molar-refractivity contribution in [2.24, 2.45) is 0 Å². The quantitative estimate of drug-likeness (QED) is 0.806. The van der Waals surface area contributed by atoms with Gasteiger partial charge in [-0.15, -0.1) is 0 Å². The van der Waals surface area contributed by atoms with Gasteiger partial charge >= 0.3 is 0 Å². The molecule has 82 valence electrons. The second kappa shape index (κ2) is 4.62. The number of anilines is 2. The summed E-state index contributed by atoms with van der Waals surface area (Å²) in [6.45, 7) is 0. The zero-order chi connectivity index (χ0) is 11.5. The number of nitrogen functional groups attached to an aromatic ring is 2. The molecule has 0 bridgehead atoms. The van der Waals surface area contributed by atoms with Gasteiger partial charge in [-0.1, -0.05) is 0 Å². The van der Waals surface area contributed by atoms with E-state index >= 15 is 0 Å². The molecule has 2 heterocycles. The van der Waals surface area contributed by atoms with E-state index in [1.807, 2.05) is 0 Å². The lowest BCUT2D eigenvalue weighted by Gasteiger charge is -2.01. The molecule has 8 heteroatoms. The molecule has 2 aromatic heterocycles. The van der Waals surface area contributed by atoms with Crippen molar-refractivity contribution in [1.82, 2.24) is 19.9 Å². The molecular weight excluding hydrogens is 292 g/mol. The Morgan fingerprint density at radius 2 is 1.56 bits per heavy atom. The average Bonchev–Trinajstić information content (AvgIpc) is 2.20. The molecule has 6 nitrogen and oxygen atoms in total. The standard InChI is InChI=1S/C8H7BrN6S/c9-4-2-12-7(13-3-4)16-8-14-5(10)1-6(11)15-8/h1-3H,(H4,10,11,14,15). The SMILES string of the molecule is Nc1cc(N)nc(Sc2ncc(Br)cn2)n1. The zero-order valence-electron chi connectivity index (χ0n) is 7.96. The van der Waals surface area contributed by atoms with Gasteiger partial charge in [0.1, 0.15) is 11.6 Å². The maximum atomic E-state index is 5.54. The van der Waals surface area contributed by atoms with Crippen LogP contribution in [0.25, 0.3) is 0 Å². The van der Waals surface area contributed by atoms with Crippen LogP contribution in [0, 0.1) is 0 Å². The summed E-state index contributed by atoms with van der Waals surface area (Å²) in [7, 11) is 0. The van der Waals surface area contributed by atoms with Gasteiger partial charge in [0.05, 0.1) is 4.47 Å². The molecule has 2 rings (SSSR count). The van der Waals surface area contributed by atoms with Crippen LogP contribution in [-0.2, 0) is 0 Å². The van der Waals surface area contributed by atoms with Gasteiger partial charge in [0.15, 0.2) is 10.3 Å². The van der Waals surface area contributed by atoms with Crippen LogP contribution >= 0.6 is 27.7 Å². The lowest BCUT2D eigenvalue weighted by Crippen LogP contribution is -1.99. The predicted octanol–water partition coefficient (Wildman–Crippen LogP) is 1.34. The Hall–Kier alpha value is -1.41. The second-order valence-corrected chi connectivity index (χ2v) is 4.64. The monoisotopic (exact) mass is 298 g/mol. The molecule has 0 aliphatic heterocycles. The second-order valence-electron chi connectivity index (χ2n) is 2.79. The first-order chi connectivity index (χ1) is 7.63. The minimum Gasteiger partial charge on any atom is -0.383 e. The molecule has 0 saturated heterocycles. The molecular formula is C8H7BrN6S. The Bertz CT molecular complexity index is 482. The van der Waals surface area contributed by atoms with E-state index in [4.69, 9.17) is 11.5 Å². The number of nitrogens with zero attached hydrogens (tertiary/aromatic N) is 4. The molecule has 0 spiro atoms. The average molecular weight is 299 g/mol. The first kappa shape index (κ1) is 11.1. The summed E-state index contributed by atoms with van der Waals surface area (Å²) >= 11 is 4.45. The number of hydrogen-bond acceptors (Lipinski definition) is 7. The number of rotatable bonds is 2. The third-order valence-corrected chi connectivity index (χ3v) is 2.69. The fraction of sp³-hybridized carbons (Fsp3) is 0. The van der Waals surface area contributed by atoms with Crippen molar-refractivity contribution >= 4 is 39.3 Å². The lowest BCUT2D eigenvalue weighted by atomic mass is 10.5. The molecule has 0 aliphatic carbocycles. The topological polar surface area (TPSA) is 104 Å². The highest BCUT2D eigenvalue weighted by Crippen LogP contribution is 2.22. The van der Waals surface area contributed by atoms with Gasteiger partial charge in [0.25, 0.3) is 0 Å². The van der Waals surface area contributed by atoms with E-state index in [1.165, 1.54) is 17.8 Å². The molecule has 0 unspecified atom stereocenters. The van der Waals surface area contributed by atoms with E-state index in [-0.39, 0.29) is 0 Å². The van der Waals surface area contributed by atoms with E-state index in [1.54, 1.807) is 12.4 Å². The molecule has 0 fully saturated rings. The van der Waals surface area contributed by atoms with Crippen molar-refractivity contribution in [1.29, 1.82) is 0 Å². The van der Waals surface area contributed by atoms with E-state index in [0.717, 1.165) is 4.47 Å².